The van der Waals surface area contributed by atoms with Gasteiger partial charge in [0, 0.05) is 13.1 Å². The summed E-state index contributed by atoms with van der Waals surface area (Å²) in [5.74, 6) is 0. The minimum atomic E-state index is -3.35. The summed E-state index contributed by atoms with van der Waals surface area (Å²) in [5, 5.41) is 1.80. The van der Waals surface area contributed by atoms with Gasteiger partial charge in [0.25, 0.3) is 0 Å². The highest BCUT2D eigenvalue weighted by molar-refractivity contribution is 7.97. The second-order valence-electron chi connectivity index (χ2n) is 5.12. The van der Waals surface area contributed by atoms with Gasteiger partial charge in [0.1, 0.15) is 0 Å². The van der Waals surface area contributed by atoms with Gasteiger partial charge in [-0.2, -0.15) is 0 Å². The van der Waals surface area contributed by atoms with Crippen LogP contribution in [0.5, 0.6) is 0 Å². The molecule has 1 aliphatic rings. The number of rotatable bonds is 3. The van der Waals surface area contributed by atoms with Crippen molar-refractivity contribution in [3.05, 3.63) is 52.9 Å². The van der Waals surface area contributed by atoms with Crippen LogP contribution in [0.25, 0.3) is 0 Å². The van der Waals surface area contributed by atoms with Gasteiger partial charge in [-0.25, -0.2) is 0 Å². The van der Waals surface area contributed by atoms with Crippen molar-refractivity contribution >= 4 is 21.7 Å². The largest absolute Gasteiger partial charge is 0.592 e. The topological polar surface area (TPSA) is 43.4 Å². The van der Waals surface area contributed by atoms with Gasteiger partial charge >= 0.3 is 0 Å². The van der Waals surface area contributed by atoms with Gasteiger partial charge < -0.3 is 4.55 Å². The fraction of sp³-hybridized carbons (Fsp3) is 0.333. The average molecular weight is 307 g/mol. The van der Waals surface area contributed by atoms with Gasteiger partial charge in [-0.1, -0.05) is 39.8 Å². The Labute approximate surface area is 124 Å². The van der Waals surface area contributed by atoms with Gasteiger partial charge in [0.05, 0.1) is 6.04 Å². The van der Waals surface area contributed by atoms with Crippen LogP contribution < -0.4 is 0 Å². The van der Waals surface area contributed by atoms with Crippen LogP contribution in [-0.4, -0.2) is 21.9 Å². The predicted molar refractivity (Wildman–Crippen MR) is 81.4 cm³/mol. The Morgan fingerprint density at radius 3 is 2.70 bits per heavy atom. The highest BCUT2D eigenvalue weighted by Gasteiger charge is 2.35. The van der Waals surface area contributed by atoms with Gasteiger partial charge in [-0.15, -0.1) is 4.31 Å². The van der Waals surface area contributed by atoms with Crippen LogP contribution in [-0.2, 0) is 27.5 Å². The molecule has 2 unspecified atom stereocenters. The van der Waals surface area contributed by atoms with Crippen LogP contribution in [0.4, 0.5) is 0 Å². The van der Waals surface area contributed by atoms with Crippen molar-refractivity contribution in [2.24, 2.45) is 0 Å². The third kappa shape index (κ3) is 2.46. The number of benzene rings is 1. The molecule has 1 heterocycles. The first kappa shape index (κ1) is 13.9. The van der Waals surface area contributed by atoms with Crippen molar-refractivity contribution in [2.45, 2.75) is 29.5 Å². The number of nitrogens with zero attached hydrogens (tertiary/aromatic N) is 1. The molecule has 0 bridgehead atoms. The molecule has 3 nitrogen and oxygen atoms in total. The quantitative estimate of drug-likeness (QED) is 0.818. The molecule has 2 aromatic rings. The minimum absolute atomic E-state index is 0.0528. The Bertz CT molecular complexity index is 639. The standard InChI is InChI=1S/C15H17NO2S2/c1-16(20(17,18)15-7-4-10-19-15)14-9-8-12-5-2-3-6-13(12)11-14/h2-7,10,14H,8-9,11H2,1H3. The number of sulfonamides is 1. The van der Waals surface area contributed by atoms with Crippen LogP contribution in [0.15, 0.2) is 46.0 Å². The molecule has 0 fully saturated rings. The third-order valence-electron chi connectivity index (χ3n) is 3.96. The number of aryl methyl sites for hydroxylation is 1. The Balaban J connectivity index is 1.83. The van der Waals surface area contributed by atoms with Gasteiger partial charge in [0.2, 0.25) is 4.21 Å². The second-order valence-corrected chi connectivity index (χ2v) is 8.29. The van der Waals surface area contributed by atoms with E-state index in [0.29, 0.717) is 4.21 Å². The van der Waals surface area contributed by atoms with Crippen LogP contribution in [0.3, 0.4) is 0 Å². The lowest BCUT2D eigenvalue weighted by Crippen LogP contribution is -2.43. The molecule has 5 heteroatoms. The van der Waals surface area contributed by atoms with E-state index in [2.05, 4.69) is 12.1 Å². The van der Waals surface area contributed by atoms with E-state index in [0.717, 1.165) is 19.3 Å². The van der Waals surface area contributed by atoms with E-state index in [4.69, 9.17) is 0 Å². The molecule has 0 N–H and O–H groups in total. The molecule has 0 spiro atoms. The molecule has 0 saturated carbocycles. The Kier molecular flexibility index (Phi) is 3.77. The number of likely N-dealkylation sites (N-methyl/N-ethyl adjacent to an activating group) is 1. The van der Waals surface area contributed by atoms with Crippen LogP contribution in [0.1, 0.15) is 17.5 Å². The number of hydrogen-bond donors (Lipinski definition) is 0. The highest BCUT2D eigenvalue weighted by atomic mass is 32.3. The minimum Gasteiger partial charge on any atom is -0.592 e. The number of fused-ring (bicyclic) bond motifs is 1. The Morgan fingerprint density at radius 1 is 1.25 bits per heavy atom. The monoisotopic (exact) mass is 307 g/mol. The lowest BCUT2D eigenvalue weighted by molar-refractivity contribution is 0.304. The summed E-state index contributed by atoms with van der Waals surface area (Å²) in [5.41, 5.74) is 2.63. The maximum absolute atomic E-state index is 12.5. The van der Waals surface area contributed by atoms with Gasteiger partial charge in [0.15, 0.2) is 10.4 Å². The predicted octanol–water partition coefficient (Wildman–Crippen LogP) is 3.14. The molecule has 1 aliphatic carbocycles. The summed E-state index contributed by atoms with van der Waals surface area (Å²) < 4.78 is 27.1. The lowest BCUT2D eigenvalue weighted by atomic mass is 9.88. The molecule has 0 saturated heterocycles. The Hall–Kier alpha value is -1.01. The summed E-state index contributed by atoms with van der Waals surface area (Å²) >= 11 is 1.28. The van der Waals surface area contributed by atoms with Crippen molar-refractivity contribution in [1.82, 2.24) is 4.31 Å². The van der Waals surface area contributed by atoms with Crippen molar-refractivity contribution in [3.63, 3.8) is 0 Å². The van der Waals surface area contributed by atoms with Gasteiger partial charge in [-0.3, -0.25) is 0 Å². The zero-order valence-corrected chi connectivity index (χ0v) is 13.0. The molecule has 1 aromatic carbocycles. The molecule has 0 aliphatic heterocycles. The van der Waals surface area contributed by atoms with Crippen molar-refractivity contribution in [2.75, 3.05) is 7.05 Å². The first-order valence-corrected chi connectivity index (χ1v) is 8.99. The lowest BCUT2D eigenvalue weighted by Gasteiger charge is -2.33. The number of hydrogen-bond acceptors (Lipinski definition) is 3. The van der Waals surface area contributed by atoms with E-state index in [9.17, 15) is 8.76 Å². The van der Waals surface area contributed by atoms with E-state index in [1.54, 1.807) is 28.9 Å². The molecule has 0 amide bonds. The third-order valence-corrected chi connectivity index (χ3v) is 7.25. The normalized spacial score (nSPS) is 21.4. The smallest absolute Gasteiger partial charge is 0.229 e. The maximum Gasteiger partial charge on any atom is 0.229 e. The Morgan fingerprint density at radius 2 is 2.00 bits per heavy atom. The zero-order chi connectivity index (χ0) is 14.2. The van der Waals surface area contributed by atoms with Crippen LogP contribution >= 0.6 is 11.3 Å². The maximum atomic E-state index is 12.5. The molecule has 20 heavy (non-hydrogen) atoms. The van der Waals surface area contributed by atoms with E-state index >= 15 is 0 Å². The first-order valence-electron chi connectivity index (χ1n) is 6.67. The average Bonchev–Trinajstić information content (AvgIpc) is 3.01. The van der Waals surface area contributed by atoms with E-state index in [1.807, 2.05) is 12.1 Å². The molecule has 3 rings (SSSR count). The summed E-state index contributed by atoms with van der Waals surface area (Å²) in [4.78, 5) is 0. The van der Waals surface area contributed by atoms with Crippen molar-refractivity contribution in [3.8, 4) is 0 Å². The molecule has 1 aromatic heterocycles. The van der Waals surface area contributed by atoms with Crippen LogP contribution in [0.2, 0.25) is 0 Å². The van der Waals surface area contributed by atoms with Crippen molar-refractivity contribution in [1.29, 1.82) is 0 Å². The molecule has 0 radical (unpaired) electrons. The van der Waals surface area contributed by atoms with Gasteiger partial charge in [-0.05, 0) is 41.8 Å². The summed E-state index contributed by atoms with van der Waals surface area (Å²) in [6, 6.07) is 11.8. The summed E-state index contributed by atoms with van der Waals surface area (Å²) in [7, 11) is -1.64. The van der Waals surface area contributed by atoms with E-state index < -0.39 is 10.4 Å². The molecule has 2 atom stereocenters. The number of thiophene rings is 1. The summed E-state index contributed by atoms with van der Waals surface area (Å²) in [6.45, 7) is 0. The second kappa shape index (κ2) is 5.41. The van der Waals surface area contributed by atoms with Crippen molar-refractivity contribution < 1.29 is 8.76 Å². The van der Waals surface area contributed by atoms with Crippen LogP contribution in [0, 0.1) is 0 Å². The SMILES string of the molecule is CN(C1CCc2ccccc2C1)[S+](=O)([O-])c1cccs1. The first-order chi connectivity index (χ1) is 9.59. The molecular formula is C15H17NO2S2. The highest BCUT2D eigenvalue weighted by Crippen LogP contribution is 2.31. The van der Waals surface area contributed by atoms with E-state index in [-0.39, 0.29) is 6.04 Å². The molecular weight excluding hydrogens is 290 g/mol. The zero-order valence-electron chi connectivity index (χ0n) is 11.3. The fourth-order valence-corrected chi connectivity index (χ4v) is 5.30. The summed E-state index contributed by atoms with van der Waals surface area (Å²) in [6.07, 6.45) is 2.64. The van der Waals surface area contributed by atoms with E-state index in [1.165, 1.54) is 22.5 Å². The fourth-order valence-electron chi connectivity index (χ4n) is 2.74. The molecule has 106 valence electrons.